The van der Waals surface area contributed by atoms with Crippen LogP contribution in [-0.2, 0) is 0 Å². The van der Waals surface area contributed by atoms with Gasteiger partial charge in [-0.05, 0) is 25.0 Å². The van der Waals surface area contributed by atoms with Gasteiger partial charge < -0.3 is 5.11 Å². The summed E-state index contributed by atoms with van der Waals surface area (Å²) in [6.45, 7) is 1.74. The summed E-state index contributed by atoms with van der Waals surface area (Å²) >= 11 is 0. The molecule has 2 amide bonds. The van der Waals surface area contributed by atoms with Crippen molar-refractivity contribution in [1.29, 1.82) is 0 Å². The predicted octanol–water partition coefficient (Wildman–Crippen LogP) is 0.739. The lowest BCUT2D eigenvalue weighted by Crippen LogP contribution is -2.40. The molecule has 5 nitrogen and oxygen atoms in total. The van der Waals surface area contributed by atoms with Gasteiger partial charge in [-0.2, -0.15) is 0 Å². The van der Waals surface area contributed by atoms with Crippen molar-refractivity contribution in [2.24, 2.45) is 0 Å². The molecule has 1 aromatic carbocycles. The SMILES string of the molecule is O=C1c2ccccc2C(=O)N1CCN(CCO)C1CC1. The number of imide groups is 1. The summed E-state index contributed by atoms with van der Waals surface area (Å²) in [6, 6.07) is 7.45. The zero-order valence-corrected chi connectivity index (χ0v) is 11.3. The minimum absolute atomic E-state index is 0.110. The van der Waals surface area contributed by atoms with Gasteiger partial charge in [0.1, 0.15) is 0 Å². The number of fused-ring (bicyclic) bond motifs is 1. The van der Waals surface area contributed by atoms with E-state index in [1.54, 1.807) is 24.3 Å². The molecule has 20 heavy (non-hydrogen) atoms. The molecule has 1 fully saturated rings. The first-order chi connectivity index (χ1) is 9.72. The maximum atomic E-state index is 12.2. The smallest absolute Gasteiger partial charge is 0.261 e. The van der Waals surface area contributed by atoms with Gasteiger partial charge in [0, 0.05) is 25.7 Å². The number of rotatable bonds is 6. The number of hydrogen-bond acceptors (Lipinski definition) is 4. The molecule has 1 saturated carbocycles. The van der Waals surface area contributed by atoms with Crippen LogP contribution in [0.25, 0.3) is 0 Å². The second-order valence-electron chi connectivity index (χ2n) is 5.30. The standard InChI is InChI=1S/C15H18N2O3/c18-10-9-16(11-5-6-11)7-8-17-14(19)12-3-1-2-4-13(12)15(17)20/h1-4,11,18H,5-10H2. The predicted molar refractivity (Wildman–Crippen MR) is 73.5 cm³/mol. The molecule has 0 bridgehead atoms. The Morgan fingerprint density at radius 3 is 2.20 bits per heavy atom. The fourth-order valence-electron chi connectivity index (χ4n) is 2.72. The van der Waals surface area contributed by atoms with E-state index >= 15 is 0 Å². The lowest BCUT2D eigenvalue weighted by Gasteiger charge is -2.23. The van der Waals surface area contributed by atoms with E-state index in [9.17, 15) is 9.59 Å². The number of amides is 2. The van der Waals surface area contributed by atoms with E-state index in [4.69, 9.17) is 5.11 Å². The molecule has 0 saturated heterocycles. The highest BCUT2D eigenvalue weighted by molar-refractivity contribution is 6.21. The van der Waals surface area contributed by atoms with Crippen LogP contribution in [0.5, 0.6) is 0 Å². The number of nitrogens with zero attached hydrogens (tertiary/aromatic N) is 2. The third kappa shape index (κ3) is 2.34. The Bertz CT molecular complexity index is 505. The first kappa shape index (κ1) is 13.3. The van der Waals surface area contributed by atoms with Crippen molar-refractivity contribution >= 4 is 11.8 Å². The van der Waals surface area contributed by atoms with E-state index in [0.29, 0.717) is 36.8 Å². The highest BCUT2D eigenvalue weighted by Gasteiger charge is 2.36. The van der Waals surface area contributed by atoms with Crippen molar-refractivity contribution in [1.82, 2.24) is 9.80 Å². The molecule has 0 atom stereocenters. The van der Waals surface area contributed by atoms with Crippen LogP contribution in [0.1, 0.15) is 33.6 Å². The van der Waals surface area contributed by atoms with E-state index in [1.807, 2.05) is 0 Å². The number of aliphatic hydroxyl groups is 1. The van der Waals surface area contributed by atoms with Gasteiger partial charge in [0.15, 0.2) is 0 Å². The third-order valence-corrected chi connectivity index (χ3v) is 3.94. The lowest BCUT2D eigenvalue weighted by atomic mass is 10.1. The molecule has 0 aromatic heterocycles. The molecule has 0 radical (unpaired) electrons. The van der Waals surface area contributed by atoms with Gasteiger partial charge in [-0.3, -0.25) is 19.4 Å². The Kier molecular flexibility index (Phi) is 3.54. The van der Waals surface area contributed by atoms with Gasteiger partial charge in [0.25, 0.3) is 11.8 Å². The van der Waals surface area contributed by atoms with Crippen molar-refractivity contribution in [2.45, 2.75) is 18.9 Å². The molecule has 1 heterocycles. The van der Waals surface area contributed by atoms with Crippen LogP contribution in [0.2, 0.25) is 0 Å². The molecule has 2 aliphatic rings. The molecule has 1 N–H and O–H groups in total. The number of benzene rings is 1. The fraction of sp³-hybridized carbons (Fsp3) is 0.467. The summed E-state index contributed by atoms with van der Waals surface area (Å²) in [6.07, 6.45) is 2.28. The normalized spacial score (nSPS) is 18.0. The number of aliphatic hydroxyl groups excluding tert-OH is 1. The molecular formula is C15H18N2O3. The van der Waals surface area contributed by atoms with Gasteiger partial charge in [0.2, 0.25) is 0 Å². The maximum Gasteiger partial charge on any atom is 0.261 e. The quantitative estimate of drug-likeness (QED) is 0.777. The molecule has 1 aliphatic heterocycles. The van der Waals surface area contributed by atoms with Crippen molar-refractivity contribution in [3.63, 3.8) is 0 Å². The van der Waals surface area contributed by atoms with Crippen LogP contribution >= 0.6 is 0 Å². The lowest BCUT2D eigenvalue weighted by molar-refractivity contribution is 0.0629. The topological polar surface area (TPSA) is 60.9 Å². The molecule has 1 aromatic rings. The fourth-order valence-corrected chi connectivity index (χ4v) is 2.72. The minimum atomic E-state index is -0.203. The number of carbonyl (C=O) groups is 2. The summed E-state index contributed by atoms with van der Waals surface area (Å²) in [7, 11) is 0. The zero-order chi connectivity index (χ0) is 14.1. The zero-order valence-electron chi connectivity index (χ0n) is 11.3. The summed E-state index contributed by atoms with van der Waals surface area (Å²) in [4.78, 5) is 27.9. The molecule has 0 unspecified atom stereocenters. The van der Waals surface area contributed by atoms with E-state index in [0.717, 1.165) is 12.8 Å². The Labute approximate surface area is 117 Å². The van der Waals surface area contributed by atoms with Crippen molar-refractivity contribution in [2.75, 3.05) is 26.2 Å². The summed E-state index contributed by atoms with van der Waals surface area (Å²) in [5.41, 5.74) is 0.996. The van der Waals surface area contributed by atoms with Gasteiger partial charge in [-0.15, -0.1) is 0 Å². The molecular weight excluding hydrogens is 256 g/mol. The Morgan fingerprint density at radius 1 is 1.10 bits per heavy atom. The Hall–Kier alpha value is -1.72. The van der Waals surface area contributed by atoms with E-state index in [1.165, 1.54) is 4.90 Å². The maximum absolute atomic E-state index is 12.2. The first-order valence-corrected chi connectivity index (χ1v) is 7.02. The van der Waals surface area contributed by atoms with Gasteiger partial charge in [-0.1, -0.05) is 12.1 Å². The van der Waals surface area contributed by atoms with Crippen molar-refractivity contribution in [3.8, 4) is 0 Å². The van der Waals surface area contributed by atoms with Gasteiger partial charge in [0.05, 0.1) is 17.7 Å². The highest BCUT2D eigenvalue weighted by atomic mass is 16.3. The molecule has 5 heteroatoms. The van der Waals surface area contributed by atoms with Crippen LogP contribution in [0.4, 0.5) is 0 Å². The Morgan fingerprint density at radius 2 is 1.70 bits per heavy atom. The van der Waals surface area contributed by atoms with Crippen molar-refractivity contribution < 1.29 is 14.7 Å². The third-order valence-electron chi connectivity index (χ3n) is 3.94. The van der Waals surface area contributed by atoms with Crippen LogP contribution in [-0.4, -0.2) is 59.0 Å². The average Bonchev–Trinajstić information content (AvgIpc) is 3.27. The van der Waals surface area contributed by atoms with E-state index < -0.39 is 0 Å². The minimum Gasteiger partial charge on any atom is -0.395 e. The van der Waals surface area contributed by atoms with Crippen LogP contribution in [0.3, 0.4) is 0 Å². The number of hydrogen-bond donors (Lipinski definition) is 1. The Balaban J connectivity index is 1.67. The molecule has 1 aliphatic carbocycles. The second kappa shape index (κ2) is 5.34. The van der Waals surface area contributed by atoms with Crippen LogP contribution in [0.15, 0.2) is 24.3 Å². The summed E-state index contributed by atoms with van der Waals surface area (Å²) < 4.78 is 0. The second-order valence-corrected chi connectivity index (χ2v) is 5.30. The largest absolute Gasteiger partial charge is 0.395 e. The average molecular weight is 274 g/mol. The molecule has 3 rings (SSSR count). The van der Waals surface area contributed by atoms with Crippen molar-refractivity contribution in [3.05, 3.63) is 35.4 Å². The summed E-state index contributed by atoms with van der Waals surface area (Å²) in [5, 5.41) is 9.06. The molecule has 0 spiro atoms. The first-order valence-electron chi connectivity index (χ1n) is 7.02. The molecule has 106 valence electrons. The van der Waals surface area contributed by atoms with E-state index in [2.05, 4.69) is 4.90 Å². The van der Waals surface area contributed by atoms with E-state index in [-0.39, 0.29) is 18.4 Å². The number of carbonyl (C=O) groups excluding carboxylic acids is 2. The van der Waals surface area contributed by atoms with Gasteiger partial charge >= 0.3 is 0 Å². The van der Waals surface area contributed by atoms with Crippen LogP contribution < -0.4 is 0 Å². The van der Waals surface area contributed by atoms with Gasteiger partial charge in [-0.25, -0.2) is 0 Å². The highest BCUT2D eigenvalue weighted by Crippen LogP contribution is 2.27. The van der Waals surface area contributed by atoms with Crippen LogP contribution in [0, 0.1) is 0 Å². The monoisotopic (exact) mass is 274 g/mol. The summed E-state index contributed by atoms with van der Waals surface area (Å²) in [5.74, 6) is -0.407.